The molecular weight excluding hydrogens is 326 g/mol. The topological polar surface area (TPSA) is 46.0 Å². The number of carbonyl (C=O) groups excluding carboxylic acids is 1. The Morgan fingerprint density at radius 3 is 2.69 bits per heavy atom. The molecule has 26 heavy (non-hydrogen) atoms. The van der Waals surface area contributed by atoms with Crippen molar-refractivity contribution >= 4 is 11.6 Å². The molecule has 1 saturated heterocycles. The number of anilines is 1. The summed E-state index contributed by atoms with van der Waals surface area (Å²) >= 11 is 0. The Hall–Kier alpha value is -1.75. The van der Waals surface area contributed by atoms with Crippen LogP contribution in [0, 0.1) is 11.8 Å². The summed E-state index contributed by atoms with van der Waals surface area (Å²) in [7, 11) is 1.72. The molecule has 0 aromatic heterocycles. The highest BCUT2D eigenvalue weighted by molar-refractivity contribution is 5.77. The van der Waals surface area contributed by atoms with Gasteiger partial charge in [-0.3, -0.25) is 4.79 Å². The quantitative estimate of drug-likeness (QED) is 0.833. The third-order valence-corrected chi connectivity index (χ3v) is 6.36. The number of benzene rings is 1. The third kappa shape index (κ3) is 4.50. The molecule has 5 nitrogen and oxygen atoms in total. The summed E-state index contributed by atoms with van der Waals surface area (Å²) in [5.41, 5.74) is 1.16. The second-order valence-electron chi connectivity index (χ2n) is 8.03. The fraction of sp³-hybridized carbons (Fsp3) is 0.667. The number of hydrogen-bond donors (Lipinski definition) is 2. The summed E-state index contributed by atoms with van der Waals surface area (Å²) in [4.78, 5) is 16.3. The van der Waals surface area contributed by atoms with Crippen molar-refractivity contribution in [3.05, 3.63) is 24.3 Å². The minimum atomic E-state index is 0.219. The van der Waals surface area contributed by atoms with Crippen LogP contribution in [0.4, 0.5) is 5.69 Å². The monoisotopic (exact) mass is 360 g/mol. The Balaban J connectivity index is 1.47. The van der Waals surface area contributed by atoms with Crippen LogP contribution < -0.4 is 19.9 Å². The van der Waals surface area contributed by atoms with Crippen LogP contribution in [-0.4, -0.2) is 51.8 Å². The fourth-order valence-electron chi connectivity index (χ4n) is 4.40. The van der Waals surface area contributed by atoms with E-state index in [4.69, 9.17) is 4.74 Å². The Morgan fingerprint density at radius 1 is 1.23 bits per heavy atom. The highest BCUT2D eigenvalue weighted by Crippen LogP contribution is 2.29. The first kappa shape index (κ1) is 19.0. The van der Waals surface area contributed by atoms with Gasteiger partial charge < -0.3 is 19.9 Å². The lowest BCUT2D eigenvalue weighted by Crippen LogP contribution is -3.16. The highest BCUT2D eigenvalue weighted by Gasteiger charge is 2.30. The number of carbonyl (C=O) groups is 1. The number of piperazine rings is 1. The summed E-state index contributed by atoms with van der Waals surface area (Å²) in [6.45, 7) is 9.08. The molecule has 0 bridgehead atoms. The molecule has 5 heteroatoms. The summed E-state index contributed by atoms with van der Waals surface area (Å²) in [6, 6.07) is 8.54. The lowest BCUT2D eigenvalue weighted by Gasteiger charge is -2.36. The van der Waals surface area contributed by atoms with E-state index in [1.807, 2.05) is 12.1 Å². The number of quaternary nitrogens is 1. The van der Waals surface area contributed by atoms with E-state index in [0.717, 1.165) is 44.0 Å². The van der Waals surface area contributed by atoms with Gasteiger partial charge in [-0.25, -0.2) is 0 Å². The van der Waals surface area contributed by atoms with Gasteiger partial charge in [0.15, 0.2) is 6.54 Å². The maximum absolute atomic E-state index is 12.5. The molecule has 2 fully saturated rings. The zero-order valence-electron chi connectivity index (χ0n) is 16.5. The van der Waals surface area contributed by atoms with Crippen molar-refractivity contribution in [3.63, 3.8) is 0 Å². The van der Waals surface area contributed by atoms with Gasteiger partial charge in [-0.2, -0.15) is 0 Å². The minimum Gasteiger partial charge on any atom is -0.495 e. The lowest BCUT2D eigenvalue weighted by atomic mass is 9.78. The second kappa shape index (κ2) is 8.76. The van der Waals surface area contributed by atoms with Crippen molar-refractivity contribution in [1.29, 1.82) is 0 Å². The standard InChI is InChI=1S/C21H33N3O2/c1-16-7-6-8-18(17(16)2)22-21(25)15-23-11-13-24(14-12-23)19-9-4-5-10-20(19)26-3/h4-5,9-10,16-18H,6-8,11-15H2,1-3H3,(H,22,25)/p+1/t16-,17-,18+/m1/s1. The molecular formula is C21H34N3O2+. The van der Waals surface area contributed by atoms with E-state index in [-0.39, 0.29) is 5.91 Å². The Bertz CT molecular complexity index is 599. The van der Waals surface area contributed by atoms with Crippen molar-refractivity contribution in [1.82, 2.24) is 5.32 Å². The van der Waals surface area contributed by atoms with Crippen LogP contribution in [0.15, 0.2) is 24.3 Å². The number of nitrogens with zero attached hydrogens (tertiary/aromatic N) is 1. The maximum atomic E-state index is 12.5. The molecule has 1 saturated carbocycles. The van der Waals surface area contributed by atoms with E-state index >= 15 is 0 Å². The van der Waals surface area contributed by atoms with Crippen molar-refractivity contribution in [2.45, 2.75) is 39.2 Å². The molecule has 1 aliphatic heterocycles. The Labute approximate surface area is 157 Å². The van der Waals surface area contributed by atoms with Gasteiger partial charge in [-0.05, 0) is 30.4 Å². The van der Waals surface area contributed by atoms with Crippen molar-refractivity contribution in [2.24, 2.45) is 11.8 Å². The molecule has 2 aliphatic rings. The molecule has 3 atom stereocenters. The van der Waals surface area contributed by atoms with Gasteiger partial charge >= 0.3 is 0 Å². The molecule has 1 heterocycles. The van der Waals surface area contributed by atoms with Crippen LogP contribution >= 0.6 is 0 Å². The molecule has 0 unspecified atom stereocenters. The smallest absolute Gasteiger partial charge is 0.275 e. The summed E-state index contributed by atoms with van der Waals surface area (Å²) in [5, 5.41) is 3.31. The Morgan fingerprint density at radius 2 is 1.96 bits per heavy atom. The predicted octanol–water partition coefficient (Wildman–Crippen LogP) is 1.34. The van der Waals surface area contributed by atoms with Crippen LogP contribution in [-0.2, 0) is 4.79 Å². The van der Waals surface area contributed by atoms with Crippen molar-refractivity contribution in [2.75, 3.05) is 44.7 Å². The predicted molar refractivity (Wildman–Crippen MR) is 105 cm³/mol. The molecule has 1 aromatic carbocycles. The second-order valence-corrected chi connectivity index (χ2v) is 8.03. The van der Waals surface area contributed by atoms with Crippen LogP contribution in [0.25, 0.3) is 0 Å². The van der Waals surface area contributed by atoms with Crippen LogP contribution in [0.2, 0.25) is 0 Å². The van der Waals surface area contributed by atoms with Gasteiger partial charge in [0.1, 0.15) is 5.75 Å². The number of ether oxygens (including phenoxy) is 1. The zero-order valence-corrected chi connectivity index (χ0v) is 16.5. The van der Waals surface area contributed by atoms with Gasteiger partial charge in [0, 0.05) is 6.04 Å². The molecule has 144 valence electrons. The first-order valence-electron chi connectivity index (χ1n) is 10.1. The normalized spacial score (nSPS) is 27.2. The number of methoxy groups -OCH3 is 1. The summed E-state index contributed by atoms with van der Waals surface area (Å²) in [5.74, 6) is 2.45. The van der Waals surface area contributed by atoms with Gasteiger partial charge in [0.2, 0.25) is 0 Å². The van der Waals surface area contributed by atoms with Gasteiger partial charge in [0.25, 0.3) is 5.91 Å². The SMILES string of the molecule is COc1ccccc1N1CC[NH+](CC(=O)N[C@H]2CCC[C@@H](C)[C@H]2C)CC1. The molecule has 1 amide bonds. The van der Waals surface area contributed by atoms with Gasteiger partial charge in [-0.15, -0.1) is 0 Å². The Kier molecular flexibility index (Phi) is 6.41. The molecule has 0 radical (unpaired) electrons. The van der Waals surface area contributed by atoms with E-state index in [9.17, 15) is 4.79 Å². The van der Waals surface area contributed by atoms with Gasteiger partial charge in [0.05, 0.1) is 39.0 Å². The van der Waals surface area contributed by atoms with E-state index in [1.165, 1.54) is 17.7 Å². The van der Waals surface area contributed by atoms with E-state index in [1.54, 1.807) is 7.11 Å². The van der Waals surface area contributed by atoms with Crippen molar-refractivity contribution < 1.29 is 14.4 Å². The lowest BCUT2D eigenvalue weighted by molar-refractivity contribution is -0.892. The van der Waals surface area contributed by atoms with Gasteiger partial charge in [-0.1, -0.05) is 38.8 Å². The molecule has 1 aromatic rings. The first-order valence-corrected chi connectivity index (χ1v) is 10.1. The third-order valence-electron chi connectivity index (χ3n) is 6.36. The number of amides is 1. The van der Waals surface area contributed by atoms with Crippen LogP contribution in [0.5, 0.6) is 5.75 Å². The highest BCUT2D eigenvalue weighted by atomic mass is 16.5. The number of hydrogen-bond acceptors (Lipinski definition) is 3. The van der Waals surface area contributed by atoms with E-state index in [0.29, 0.717) is 24.4 Å². The molecule has 2 N–H and O–H groups in total. The van der Waals surface area contributed by atoms with Crippen molar-refractivity contribution in [3.8, 4) is 5.75 Å². The van der Waals surface area contributed by atoms with Crippen LogP contribution in [0.3, 0.4) is 0 Å². The zero-order chi connectivity index (χ0) is 18.5. The largest absolute Gasteiger partial charge is 0.495 e. The first-order chi connectivity index (χ1) is 12.6. The summed E-state index contributed by atoms with van der Waals surface area (Å²) in [6.07, 6.45) is 3.67. The summed E-state index contributed by atoms with van der Waals surface area (Å²) < 4.78 is 5.48. The number of rotatable bonds is 5. The average Bonchev–Trinajstić information content (AvgIpc) is 2.66. The number of para-hydroxylation sites is 2. The van der Waals surface area contributed by atoms with Crippen LogP contribution in [0.1, 0.15) is 33.1 Å². The molecule has 1 aliphatic carbocycles. The average molecular weight is 361 g/mol. The minimum absolute atomic E-state index is 0.219. The maximum Gasteiger partial charge on any atom is 0.275 e. The number of nitrogens with one attached hydrogen (secondary N) is 2. The molecule has 0 spiro atoms. The fourth-order valence-corrected chi connectivity index (χ4v) is 4.40. The van der Waals surface area contributed by atoms with E-state index < -0.39 is 0 Å². The van der Waals surface area contributed by atoms with E-state index in [2.05, 4.69) is 36.2 Å². The molecule has 3 rings (SSSR count).